The number of hydrazone groups is 1. The van der Waals surface area contributed by atoms with E-state index >= 15 is 0 Å². The zero-order valence-corrected chi connectivity index (χ0v) is 18.0. The summed E-state index contributed by atoms with van der Waals surface area (Å²) in [6, 6.07) is 10.8. The summed E-state index contributed by atoms with van der Waals surface area (Å²) in [6.45, 7) is 8.60. The van der Waals surface area contributed by atoms with Gasteiger partial charge >= 0.3 is 0 Å². The number of aromatic amines is 1. The number of carbonyl (C=O) groups is 1. The molecule has 0 atom stereocenters. The number of carbonyl (C=O) groups excluding carboxylic acids is 1. The summed E-state index contributed by atoms with van der Waals surface area (Å²) >= 11 is 0. The number of imidazole rings is 1. The zero-order chi connectivity index (χ0) is 22.5. The van der Waals surface area contributed by atoms with Crippen LogP contribution in [0, 0.1) is 11.7 Å². The molecule has 166 valence electrons. The van der Waals surface area contributed by atoms with Crippen molar-refractivity contribution in [3.63, 3.8) is 0 Å². The lowest BCUT2D eigenvalue weighted by Gasteiger charge is -2.40. The van der Waals surface area contributed by atoms with Gasteiger partial charge in [-0.1, -0.05) is 12.1 Å². The Bertz CT molecular complexity index is 1100. The SMILES string of the molecule is C=NN(/C=C(\C)C(=O)NCc1ncccc1F)CC1CN(Cc2nc3ccccc3[nH]2)C1. The number of nitrogens with one attached hydrogen (secondary N) is 2. The van der Waals surface area contributed by atoms with E-state index < -0.39 is 5.82 Å². The molecule has 8 nitrogen and oxygen atoms in total. The number of likely N-dealkylation sites (tertiary alicyclic amines) is 1. The first-order chi connectivity index (χ1) is 15.5. The Hall–Kier alpha value is -3.59. The number of H-pyrrole nitrogens is 1. The minimum absolute atomic E-state index is 0.0254. The molecule has 1 fully saturated rings. The third-order valence-electron chi connectivity index (χ3n) is 5.42. The smallest absolute Gasteiger partial charge is 0.248 e. The highest BCUT2D eigenvalue weighted by molar-refractivity contribution is 5.92. The fourth-order valence-electron chi connectivity index (χ4n) is 3.76. The second kappa shape index (κ2) is 9.69. The number of hydrogen-bond donors (Lipinski definition) is 2. The molecule has 1 amide bonds. The second-order valence-corrected chi connectivity index (χ2v) is 7.95. The van der Waals surface area contributed by atoms with E-state index in [0.29, 0.717) is 18.0 Å². The maximum absolute atomic E-state index is 13.6. The summed E-state index contributed by atoms with van der Waals surface area (Å²) in [5, 5.41) is 8.38. The molecule has 0 radical (unpaired) electrons. The van der Waals surface area contributed by atoms with Crippen LogP contribution < -0.4 is 5.32 Å². The summed E-state index contributed by atoms with van der Waals surface area (Å²) < 4.78 is 13.6. The van der Waals surface area contributed by atoms with Gasteiger partial charge in [0.1, 0.15) is 11.6 Å². The monoisotopic (exact) mass is 435 g/mol. The number of rotatable bonds is 9. The molecule has 9 heteroatoms. The highest BCUT2D eigenvalue weighted by Crippen LogP contribution is 2.21. The minimum atomic E-state index is -0.444. The predicted molar refractivity (Wildman–Crippen MR) is 121 cm³/mol. The van der Waals surface area contributed by atoms with Gasteiger partial charge in [0.25, 0.3) is 0 Å². The summed E-state index contributed by atoms with van der Waals surface area (Å²) in [5.74, 6) is 0.629. The van der Waals surface area contributed by atoms with Gasteiger partial charge in [0.05, 0.1) is 29.8 Å². The molecule has 3 aromatic rings. The topological polar surface area (TPSA) is 89.5 Å². The van der Waals surface area contributed by atoms with Crippen LogP contribution in [0.3, 0.4) is 0 Å². The normalized spacial score (nSPS) is 14.9. The van der Waals surface area contributed by atoms with Crippen molar-refractivity contribution in [2.45, 2.75) is 20.0 Å². The standard InChI is InChI=1S/C23H26FN7O/c1-16(23(32)27-10-21-18(24)6-5-9-26-21)11-31(25-2)14-17-12-30(13-17)15-22-28-19-7-3-4-8-20(19)29-22/h3-9,11,17H,2,10,12-15H2,1H3,(H,27,32)(H,28,29)/b16-11+. The molecule has 0 bridgehead atoms. The maximum Gasteiger partial charge on any atom is 0.248 e. The van der Waals surface area contributed by atoms with Crippen molar-refractivity contribution in [3.8, 4) is 0 Å². The molecule has 0 unspecified atom stereocenters. The zero-order valence-electron chi connectivity index (χ0n) is 18.0. The first kappa shape index (κ1) is 21.6. The van der Waals surface area contributed by atoms with Gasteiger partial charge in [0.2, 0.25) is 5.91 Å². The van der Waals surface area contributed by atoms with E-state index in [0.717, 1.165) is 36.5 Å². The van der Waals surface area contributed by atoms with Crippen LogP contribution in [0.1, 0.15) is 18.4 Å². The molecule has 0 saturated carbocycles. The fourth-order valence-corrected chi connectivity index (χ4v) is 3.76. The fraction of sp³-hybridized carbons (Fsp3) is 0.304. The number of benzene rings is 1. The highest BCUT2D eigenvalue weighted by Gasteiger charge is 2.28. The van der Waals surface area contributed by atoms with E-state index in [1.807, 2.05) is 24.3 Å². The summed E-state index contributed by atoms with van der Waals surface area (Å²) in [5.41, 5.74) is 2.69. The highest BCUT2D eigenvalue weighted by atomic mass is 19.1. The Morgan fingerprint density at radius 3 is 2.94 bits per heavy atom. The number of para-hydroxylation sites is 2. The average molecular weight is 436 g/mol. The van der Waals surface area contributed by atoms with Gasteiger partial charge in [0, 0.05) is 50.2 Å². The van der Waals surface area contributed by atoms with Crippen molar-refractivity contribution in [2.24, 2.45) is 11.0 Å². The number of aromatic nitrogens is 3. The number of halogens is 1. The number of hydrogen-bond acceptors (Lipinski definition) is 6. The van der Waals surface area contributed by atoms with Gasteiger partial charge in [-0.15, -0.1) is 0 Å². The number of pyridine rings is 1. The first-order valence-corrected chi connectivity index (χ1v) is 10.5. The maximum atomic E-state index is 13.6. The van der Waals surface area contributed by atoms with Crippen LogP contribution in [0.15, 0.2) is 59.5 Å². The van der Waals surface area contributed by atoms with Gasteiger partial charge in [-0.3, -0.25) is 19.7 Å². The van der Waals surface area contributed by atoms with Crippen molar-refractivity contribution in [1.29, 1.82) is 0 Å². The van der Waals surface area contributed by atoms with Crippen LogP contribution in [-0.4, -0.2) is 57.1 Å². The van der Waals surface area contributed by atoms with Crippen LogP contribution in [-0.2, 0) is 17.9 Å². The molecule has 1 aliphatic heterocycles. The molecule has 0 aliphatic carbocycles. The quantitative estimate of drug-likeness (QED) is 0.306. The van der Waals surface area contributed by atoms with Gasteiger partial charge in [-0.2, -0.15) is 5.10 Å². The summed E-state index contributed by atoms with van der Waals surface area (Å²) in [7, 11) is 0. The number of nitrogens with zero attached hydrogens (tertiary/aromatic N) is 5. The Labute approximate surface area is 185 Å². The lowest BCUT2D eigenvalue weighted by atomic mass is 10.00. The Morgan fingerprint density at radius 1 is 1.38 bits per heavy atom. The van der Waals surface area contributed by atoms with E-state index in [9.17, 15) is 9.18 Å². The van der Waals surface area contributed by atoms with Crippen molar-refractivity contribution < 1.29 is 9.18 Å². The van der Waals surface area contributed by atoms with Crippen LogP contribution in [0.2, 0.25) is 0 Å². The lowest BCUT2D eigenvalue weighted by molar-refractivity contribution is -0.117. The van der Waals surface area contributed by atoms with Gasteiger partial charge in [0.15, 0.2) is 0 Å². The van der Waals surface area contributed by atoms with Crippen molar-refractivity contribution >= 4 is 23.7 Å². The summed E-state index contributed by atoms with van der Waals surface area (Å²) in [4.78, 5) is 26.6. The van der Waals surface area contributed by atoms with Gasteiger partial charge < -0.3 is 10.3 Å². The number of amides is 1. The second-order valence-electron chi connectivity index (χ2n) is 7.95. The van der Waals surface area contributed by atoms with Gasteiger partial charge in [-0.25, -0.2) is 9.37 Å². The molecule has 0 spiro atoms. The van der Waals surface area contributed by atoms with Crippen LogP contribution in [0.5, 0.6) is 0 Å². The van der Waals surface area contributed by atoms with Crippen molar-refractivity contribution in [3.05, 3.63) is 71.7 Å². The summed E-state index contributed by atoms with van der Waals surface area (Å²) in [6.07, 6.45) is 3.16. The van der Waals surface area contributed by atoms with E-state index in [1.54, 1.807) is 18.1 Å². The molecule has 1 aliphatic rings. The molecule has 2 N–H and O–H groups in total. The average Bonchev–Trinajstić information content (AvgIpc) is 3.18. The molecule has 3 heterocycles. The van der Waals surface area contributed by atoms with E-state index in [-0.39, 0.29) is 18.1 Å². The Balaban J connectivity index is 1.24. The third kappa shape index (κ3) is 5.17. The molecule has 1 aromatic carbocycles. The largest absolute Gasteiger partial charge is 0.347 e. The van der Waals surface area contributed by atoms with E-state index in [2.05, 4.69) is 37.0 Å². The molecule has 32 heavy (non-hydrogen) atoms. The Morgan fingerprint density at radius 2 is 2.19 bits per heavy atom. The third-order valence-corrected chi connectivity index (χ3v) is 5.42. The molecular weight excluding hydrogens is 409 g/mol. The van der Waals surface area contributed by atoms with E-state index in [1.165, 1.54) is 18.3 Å². The minimum Gasteiger partial charge on any atom is -0.347 e. The first-order valence-electron chi connectivity index (χ1n) is 10.5. The van der Waals surface area contributed by atoms with Gasteiger partial charge in [-0.05, 0) is 31.2 Å². The van der Waals surface area contributed by atoms with Crippen LogP contribution >= 0.6 is 0 Å². The van der Waals surface area contributed by atoms with Crippen molar-refractivity contribution in [1.82, 2.24) is 30.2 Å². The van der Waals surface area contributed by atoms with E-state index in [4.69, 9.17) is 0 Å². The predicted octanol–water partition coefficient (Wildman–Crippen LogP) is 2.67. The molecule has 2 aromatic heterocycles. The molecule has 1 saturated heterocycles. The van der Waals surface area contributed by atoms with Crippen molar-refractivity contribution in [2.75, 3.05) is 19.6 Å². The molecule has 4 rings (SSSR count). The lowest BCUT2D eigenvalue weighted by Crippen LogP contribution is -2.49. The Kier molecular flexibility index (Phi) is 6.55. The van der Waals surface area contributed by atoms with Crippen LogP contribution in [0.25, 0.3) is 11.0 Å². The number of fused-ring (bicyclic) bond motifs is 1. The van der Waals surface area contributed by atoms with Crippen LogP contribution in [0.4, 0.5) is 4.39 Å². The molecular formula is C23H26FN7O.